The van der Waals surface area contributed by atoms with Crippen LogP contribution in [0.3, 0.4) is 0 Å². The summed E-state index contributed by atoms with van der Waals surface area (Å²) in [7, 11) is 1.82. The van der Waals surface area contributed by atoms with Gasteiger partial charge in [-0.25, -0.2) is 0 Å². The molecule has 1 heterocycles. The van der Waals surface area contributed by atoms with Gasteiger partial charge in [0.1, 0.15) is 0 Å². The average Bonchev–Trinajstić information content (AvgIpc) is 3.10. The van der Waals surface area contributed by atoms with Crippen molar-refractivity contribution in [2.24, 2.45) is 10.9 Å². The number of nitrogens with one attached hydrogen (secondary N) is 2. The molecule has 1 atom stereocenters. The Labute approximate surface area is 174 Å². The fraction of sp³-hybridized carbons (Fsp3) is 0.500. The van der Waals surface area contributed by atoms with Gasteiger partial charge in [-0.1, -0.05) is 38.1 Å². The molecule has 0 saturated heterocycles. The molecular formula is C20H32IN5. The van der Waals surface area contributed by atoms with Gasteiger partial charge >= 0.3 is 0 Å². The highest BCUT2D eigenvalue weighted by molar-refractivity contribution is 14.0. The maximum absolute atomic E-state index is 4.33. The van der Waals surface area contributed by atoms with E-state index in [9.17, 15) is 0 Å². The minimum absolute atomic E-state index is 0. The van der Waals surface area contributed by atoms with Gasteiger partial charge in [0.15, 0.2) is 5.96 Å². The molecule has 2 N–H and O–H groups in total. The van der Waals surface area contributed by atoms with Crippen LogP contribution in [0.4, 0.5) is 0 Å². The van der Waals surface area contributed by atoms with Crippen LogP contribution in [-0.2, 0) is 13.1 Å². The van der Waals surface area contributed by atoms with Gasteiger partial charge in [0.05, 0.1) is 6.54 Å². The minimum Gasteiger partial charge on any atom is -0.354 e. The summed E-state index contributed by atoms with van der Waals surface area (Å²) in [6.45, 7) is 8.27. The zero-order chi connectivity index (χ0) is 18.1. The molecule has 5 nitrogen and oxygen atoms in total. The third kappa shape index (κ3) is 8.21. The van der Waals surface area contributed by atoms with Crippen LogP contribution < -0.4 is 10.6 Å². The van der Waals surface area contributed by atoms with Gasteiger partial charge in [-0.05, 0) is 42.9 Å². The molecule has 6 heteroatoms. The minimum atomic E-state index is 0. The van der Waals surface area contributed by atoms with Crippen LogP contribution in [0.15, 0.2) is 47.7 Å². The molecule has 0 aliphatic rings. The molecule has 0 radical (unpaired) electrons. The largest absolute Gasteiger partial charge is 0.354 e. The second-order valence-corrected chi connectivity index (χ2v) is 6.97. The molecule has 0 fully saturated rings. The van der Waals surface area contributed by atoms with Gasteiger partial charge < -0.3 is 10.6 Å². The van der Waals surface area contributed by atoms with Crippen molar-refractivity contribution in [3.05, 3.63) is 53.9 Å². The Hall–Kier alpha value is -1.57. The van der Waals surface area contributed by atoms with Gasteiger partial charge in [0.25, 0.3) is 0 Å². The number of nitrogens with zero attached hydrogens (tertiary/aromatic N) is 3. The maximum Gasteiger partial charge on any atom is 0.191 e. The molecule has 2 aromatic rings. The summed E-state index contributed by atoms with van der Waals surface area (Å²) >= 11 is 0. The van der Waals surface area contributed by atoms with E-state index < -0.39 is 0 Å². The number of aliphatic imine (C=N–C) groups is 1. The Kier molecular flexibility index (Phi) is 10.3. The summed E-state index contributed by atoms with van der Waals surface area (Å²) in [6, 6.07) is 10.9. The molecule has 1 unspecified atom stereocenters. The molecule has 1 aromatic carbocycles. The molecule has 0 aliphatic carbocycles. The van der Waals surface area contributed by atoms with E-state index in [1.54, 1.807) is 0 Å². The second-order valence-electron chi connectivity index (χ2n) is 6.97. The summed E-state index contributed by atoms with van der Waals surface area (Å²) in [6.07, 6.45) is 6.16. The third-order valence-corrected chi connectivity index (χ3v) is 4.14. The molecule has 0 amide bonds. The molecule has 2 rings (SSSR count). The number of aromatic nitrogens is 2. The van der Waals surface area contributed by atoms with Gasteiger partial charge in [-0.2, -0.15) is 5.10 Å². The Morgan fingerprint density at radius 2 is 1.92 bits per heavy atom. The van der Waals surface area contributed by atoms with E-state index in [1.807, 2.05) is 30.2 Å². The van der Waals surface area contributed by atoms with Crippen molar-refractivity contribution in [2.45, 2.75) is 52.7 Å². The second kappa shape index (κ2) is 11.9. The molecule has 0 aliphatic heterocycles. The van der Waals surface area contributed by atoms with Crippen molar-refractivity contribution in [1.29, 1.82) is 0 Å². The summed E-state index contributed by atoms with van der Waals surface area (Å²) in [5.41, 5.74) is 2.48. The number of hydrogen-bond acceptors (Lipinski definition) is 2. The average molecular weight is 469 g/mol. The highest BCUT2D eigenvalue weighted by atomic mass is 127. The van der Waals surface area contributed by atoms with Crippen LogP contribution in [-0.4, -0.2) is 28.8 Å². The predicted octanol–water partition coefficient (Wildman–Crippen LogP) is 4.04. The lowest BCUT2D eigenvalue weighted by atomic mass is 10.0. The summed E-state index contributed by atoms with van der Waals surface area (Å²) in [4.78, 5) is 4.33. The van der Waals surface area contributed by atoms with Crippen LogP contribution in [0, 0.1) is 5.92 Å². The topological polar surface area (TPSA) is 54.2 Å². The first kappa shape index (κ1) is 22.5. The van der Waals surface area contributed by atoms with E-state index in [0.29, 0.717) is 6.04 Å². The Balaban J connectivity index is 0.00000338. The van der Waals surface area contributed by atoms with Crippen LogP contribution >= 0.6 is 24.0 Å². The Bertz CT molecular complexity index is 652. The van der Waals surface area contributed by atoms with Gasteiger partial charge in [0, 0.05) is 32.0 Å². The van der Waals surface area contributed by atoms with Crippen LogP contribution in [0.25, 0.3) is 0 Å². The van der Waals surface area contributed by atoms with E-state index >= 15 is 0 Å². The lowest BCUT2D eigenvalue weighted by Crippen LogP contribution is -2.41. The summed E-state index contributed by atoms with van der Waals surface area (Å²) in [5, 5.41) is 11.1. The molecule has 26 heavy (non-hydrogen) atoms. The number of guanidine groups is 1. The fourth-order valence-electron chi connectivity index (χ4n) is 2.69. The first-order chi connectivity index (χ1) is 12.1. The maximum atomic E-state index is 4.33. The monoisotopic (exact) mass is 469 g/mol. The molecule has 1 aromatic heterocycles. The van der Waals surface area contributed by atoms with Crippen LogP contribution in [0.2, 0.25) is 0 Å². The highest BCUT2D eigenvalue weighted by Gasteiger charge is 2.06. The first-order valence-electron chi connectivity index (χ1n) is 9.09. The molecule has 144 valence electrons. The van der Waals surface area contributed by atoms with E-state index in [1.165, 1.54) is 17.5 Å². The number of benzene rings is 1. The number of hydrogen-bond donors (Lipinski definition) is 2. The standard InChI is InChI=1S/C20H31N5.HI/c1-16(2)9-10-17(3)24-20(21-4)22-14-18-7-5-8-19(13-18)15-25-12-6-11-23-25;/h5-8,11-13,16-17H,9-10,14-15H2,1-4H3,(H2,21,22,24);1H. The SMILES string of the molecule is CN=C(NCc1cccc(Cn2cccn2)c1)NC(C)CCC(C)C.I. The molecular weight excluding hydrogens is 437 g/mol. The van der Waals surface area contributed by atoms with Gasteiger partial charge in [0.2, 0.25) is 0 Å². The molecule has 0 bridgehead atoms. The van der Waals surface area contributed by atoms with Crippen LogP contribution in [0.5, 0.6) is 0 Å². The van der Waals surface area contributed by atoms with Gasteiger partial charge in [-0.15, -0.1) is 24.0 Å². The van der Waals surface area contributed by atoms with E-state index in [2.05, 4.69) is 65.8 Å². The molecule has 0 saturated carbocycles. The summed E-state index contributed by atoms with van der Waals surface area (Å²) < 4.78 is 1.93. The first-order valence-corrected chi connectivity index (χ1v) is 9.09. The smallest absolute Gasteiger partial charge is 0.191 e. The van der Waals surface area contributed by atoms with E-state index in [0.717, 1.165) is 31.4 Å². The van der Waals surface area contributed by atoms with Crippen molar-refractivity contribution < 1.29 is 0 Å². The summed E-state index contributed by atoms with van der Waals surface area (Å²) in [5.74, 6) is 1.59. The normalized spacial score (nSPS) is 12.6. The number of rotatable bonds is 8. The van der Waals surface area contributed by atoms with Crippen molar-refractivity contribution in [1.82, 2.24) is 20.4 Å². The van der Waals surface area contributed by atoms with Crippen LogP contribution in [0.1, 0.15) is 44.7 Å². The zero-order valence-electron chi connectivity index (χ0n) is 16.3. The zero-order valence-corrected chi connectivity index (χ0v) is 18.6. The third-order valence-electron chi connectivity index (χ3n) is 4.14. The quantitative estimate of drug-likeness (QED) is 0.349. The lowest BCUT2D eigenvalue weighted by Gasteiger charge is -2.19. The van der Waals surface area contributed by atoms with Crippen molar-refractivity contribution in [2.75, 3.05) is 7.05 Å². The van der Waals surface area contributed by atoms with Crippen molar-refractivity contribution in [3.63, 3.8) is 0 Å². The Morgan fingerprint density at radius 1 is 1.15 bits per heavy atom. The Morgan fingerprint density at radius 3 is 2.58 bits per heavy atom. The lowest BCUT2D eigenvalue weighted by molar-refractivity contribution is 0.489. The van der Waals surface area contributed by atoms with E-state index in [4.69, 9.17) is 0 Å². The van der Waals surface area contributed by atoms with E-state index in [-0.39, 0.29) is 24.0 Å². The molecule has 0 spiro atoms. The fourth-order valence-corrected chi connectivity index (χ4v) is 2.69. The highest BCUT2D eigenvalue weighted by Crippen LogP contribution is 2.08. The number of halogens is 1. The van der Waals surface area contributed by atoms with Crippen molar-refractivity contribution in [3.8, 4) is 0 Å². The van der Waals surface area contributed by atoms with Gasteiger partial charge in [-0.3, -0.25) is 9.67 Å². The predicted molar refractivity (Wildman–Crippen MR) is 120 cm³/mol. The van der Waals surface area contributed by atoms with Crippen molar-refractivity contribution >= 4 is 29.9 Å².